The summed E-state index contributed by atoms with van der Waals surface area (Å²) in [5.74, 6) is 2.91. The van der Waals surface area contributed by atoms with E-state index < -0.39 is 0 Å². The van der Waals surface area contributed by atoms with E-state index in [2.05, 4.69) is 59.5 Å². The highest BCUT2D eigenvalue weighted by atomic mass is 32.2. The average Bonchev–Trinajstić information content (AvgIpc) is 2.62. The molecule has 2 nitrogen and oxygen atoms in total. The Morgan fingerprint density at radius 3 is 2.50 bits per heavy atom. The lowest BCUT2D eigenvalue weighted by atomic mass is 9.88. The summed E-state index contributed by atoms with van der Waals surface area (Å²) in [7, 11) is 0. The van der Waals surface area contributed by atoms with Gasteiger partial charge in [0.2, 0.25) is 0 Å². The summed E-state index contributed by atoms with van der Waals surface area (Å²) >= 11 is 1.73. The van der Waals surface area contributed by atoms with Gasteiger partial charge in [-0.1, -0.05) is 54.6 Å². The molecule has 1 atom stereocenters. The summed E-state index contributed by atoms with van der Waals surface area (Å²) in [6.07, 6.45) is 2.50. The Morgan fingerprint density at radius 1 is 0.909 bits per heavy atom. The van der Waals surface area contributed by atoms with E-state index in [9.17, 15) is 0 Å². The second-order valence-corrected chi connectivity index (χ2v) is 6.80. The first-order valence-electron chi connectivity index (χ1n) is 8.02. The third kappa shape index (κ3) is 2.66. The van der Waals surface area contributed by atoms with Crippen LogP contribution in [-0.4, -0.2) is 29.6 Å². The molecule has 112 valence electrons. The second kappa shape index (κ2) is 6.17. The first kappa shape index (κ1) is 13.9. The quantitative estimate of drug-likeness (QED) is 0.754. The van der Waals surface area contributed by atoms with Gasteiger partial charge in [0.15, 0.2) is 0 Å². The van der Waals surface area contributed by atoms with Gasteiger partial charge in [-0.3, -0.25) is 0 Å². The van der Waals surface area contributed by atoms with Gasteiger partial charge < -0.3 is 4.90 Å². The lowest BCUT2D eigenvalue weighted by molar-refractivity contribution is 0.371. The molecule has 2 heterocycles. The molecule has 0 aromatic heterocycles. The van der Waals surface area contributed by atoms with Crippen LogP contribution in [0.5, 0.6) is 0 Å². The van der Waals surface area contributed by atoms with Crippen molar-refractivity contribution in [3.05, 3.63) is 60.2 Å². The fourth-order valence-electron chi connectivity index (χ4n) is 3.42. The van der Waals surface area contributed by atoms with Gasteiger partial charge in [-0.05, 0) is 41.5 Å². The fourth-order valence-corrected chi connectivity index (χ4v) is 4.18. The molecular weight excluding hydrogens is 288 g/mol. The number of hydrogen-bond acceptors (Lipinski definition) is 3. The summed E-state index contributed by atoms with van der Waals surface area (Å²) in [6, 6.07) is 19.7. The minimum atomic E-state index is 0.478. The maximum absolute atomic E-state index is 4.75. The van der Waals surface area contributed by atoms with Crippen molar-refractivity contribution in [1.82, 2.24) is 4.90 Å². The number of rotatable bonds is 2. The number of hydrogen-bond donors (Lipinski definition) is 0. The Labute approximate surface area is 136 Å². The predicted molar refractivity (Wildman–Crippen MR) is 95.3 cm³/mol. The molecular formula is C19H20N2S. The first-order valence-corrected chi connectivity index (χ1v) is 8.96. The van der Waals surface area contributed by atoms with Gasteiger partial charge in [-0.2, -0.15) is 0 Å². The largest absolute Gasteiger partial charge is 0.358 e. The standard InChI is InChI=1S/C19H20N2S/c1-2-5-15(6-3-1)16-8-10-17(11-9-16)18-7-4-12-21-13-14-22-20-19(18)21/h1-3,5-6,8-11,18H,4,7,12-14H2. The van der Waals surface area contributed by atoms with Gasteiger partial charge >= 0.3 is 0 Å². The van der Waals surface area contributed by atoms with Crippen LogP contribution in [0, 0.1) is 0 Å². The zero-order valence-electron chi connectivity index (χ0n) is 12.6. The van der Waals surface area contributed by atoms with Crippen molar-refractivity contribution >= 4 is 17.8 Å². The smallest absolute Gasteiger partial charge is 0.120 e. The van der Waals surface area contributed by atoms with Crippen molar-refractivity contribution in [2.24, 2.45) is 4.40 Å². The molecule has 0 bridgehead atoms. The van der Waals surface area contributed by atoms with Crippen LogP contribution in [0.25, 0.3) is 11.1 Å². The SMILES string of the molecule is c1ccc(-c2ccc(C3CCCN4CCSN=C34)cc2)cc1. The molecule has 1 fully saturated rings. The molecule has 2 aliphatic rings. The topological polar surface area (TPSA) is 15.6 Å². The lowest BCUT2D eigenvalue weighted by Crippen LogP contribution is -2.42. The van der Waals surface area contributed by atoms with E-state index in [1.165, 1.54) is 41.9 Å². The third-order valence-electron chi connectivity index (χ3n) is 4.59. The lowest BCUT2D eigenvalue weighted by Gasteiger charge is -2.37. The van der Waals surface area contributed by atoms with Crippen LogP contribution in [-0.2, 0) is 0 Å². The van der Waals surface area contributed by atoms with Gasteiger partial charge in [0, 0.05) is 24.8 Å². The van der Waals surface area contributed by atoms with Crippen molar-refractivity contribution in [3.63, 3.8) is 0 Å². The van der Waals surface area contributed by atoms with Gasteiger partial charge in [0.1, 0.15) is 5.84 Å². The van der Waals surface area contributed by atoms with Crippen LogP contribution >= 0.6 is 11.9 Å². The van der Waals surface area contributed by atoms with E-state index in [0.29, 0.717) is 5.92 Å². The minimum Gasteiger partial charge on any atom is -0.358 e. The number of benzene rings is 2. The monoisotopic (exact) mass is 308 g/mol. The molecule has 0 radical (unpaired) electrons. The van der Waals surface area contributed by atoms with Gasteiger partial charge in [0.05, 0.1) is 0 Å². The Bertz CT molecular complexity index is 664. The summed E-state index contributed by atoms with van der Waals surface area (Å²) in [5.41, 5.74) is 3.98. The van der Waals surface area contributed by atoms with E-state index in [0.717, 1.165) is 12.3 Å². The zero-order valence-corrected chi connectivity index (χ0v) is 13.4. The van der Waals surface area contributed by atoms with Crippen molar-refractivity contribution in [2.75, 3.05) is 18.8 Å². The van der Waals surface area contributed by atoms with E-state index >= 15 is 0 Å². The first-order chi connectivity index (χ1) is 10.9. The van der Waals surface area contributed by atoms with E-state index in [1.807, 2.05) is 0 Å². The summed E-state index contributed by atoms with van der Waals surface area (Å²) < 4.78 is 4.75. The van der Waals surface area contributed by atoms with E-state index in [-0.39, 0.29) is 0 Å². The Morgan fingerprint density at radius 2 is 1.68 bits per heavy atom. The zero-order chi connectivity index (χ0) is 14.8. The van der Waals surface area contributed by atoms with Crippen molar-refractivity contribution in [1.29, 1.82) is 0 Å². The summed E-state index contributed by atoms with van der Waals surface area (Å²) in [5, 5.41) is 0. The van der Waals surface area contributed by atoms with Crippen LogP contribution in [0.4, 0.5) is 0 Å². The third-order valence-corrected chi connectivity index (χ3v) is 5.27. The molecule has 0 N–H and O–H groups in total. The number of fused-ring (bicyclic) bond motifs is 1. The highest BCUT2D eigenvalue weighted by molar-refractivity contribution is 7.98. The Balaban J connectivity index is 1.61. The van der Waals surface area contributed by atoms with E-state index in [4.69, 9.17) is 4.40 Å². The summed E-state index contributed by atoms with van der Waals surface area (Å²) in [6.45, 7) is 2.33. The summed E-state index contributed by atoms with van der Waals surface area (Å²) in [4.78, 5) is 2.48. The van der Waals surface area contributed by atoms with Crippen molar-refractivity contribution in [3.8, 4) is 11.1 Å². The number of piperidine rings is 1. The fraction of sp³-hybridized carbons (Fsp3) is 0.316. The van der Waals surface area contributed by atoms with Gasteiger partial charge in [0.25, 0.3) is 0 Å². The van der Waals surface area contributed by atoms with Gasteiger partial charge in [-0.15, -0.1) is 0 Å². The molecule has 0 saturated carbocycles. The van der Waals surface area contributed by atoms with Crippen LogP contribution < -0.4 is 0 Å². The molecule has 1 unspecified atom stereocenters. The highest BCUT2D eigenvalue weighted by Gasteiger charge is 2.29. The van der Waals surface area contributed by atoms with Crippen LogP contribution in [0.2, 0.25) is 0 Å². The minimum absolute atomic E-state index is 0.478. The Kier molecular flexibility index (Phi) is 3.90. The Hall–Kier alpha value is -1.74. The van der Waals surface area contributed by atoms with Crippen LogP contribution in [0.1, 0.15) is 24.3 Å². The van der Waals surface area contributed by atoms with Crippen molar-refractivity contribution in [2.45, 2.75) is 18.8 Å². The molecule has 2 aromatic rings. The maximum atomic E-state index is 4.75. The highest BCUT2D eigenvalue weighted by Crippen LogP contribution is 2.33. The molecule has 3 heteroatoms. The number of amidine groups is 1. The molecule has 0 spiro atoms. The molecule has 2 aliphatic heterocycles. The predicted octanol–water partition coefficient (Wildman–Crippen LogP) is 4.59. The molecule has 1 saturated heterocycles. The molecule has 22 heavy (non-hydrogen) atoms. The maximum Gasteiger partial charge on any atom is 0.120 e. The van der Waals surface area contributed by atoms with Crippen molar-refractivity contribution < 1.29 is 0 Å². The number of nitrogens with zero attached hydrogens (tertiary/aromatic N) is 2. The van der Waals surface area contributed by atoms with E-state index in [1.54, 1.807) is 11.9 Å². The molecule has 2 aromatic carbocycles. The molecule has 0 aliphatic carbocycles. The molecule has 4 rings (SSSR count). The van der Waals surface area contributed by atoms with Crippen LogP contribution in [0.3, 0.4) is 0 Å². The van der Waals surface area contributed by atoms with Crippen LogP contribution in [0.15, 0.2) is 59.0 Å². The second-order valence-electron chi connectivity index (χ2n) is 5.95. The van der Waals surface area contributed by atoms with Gasteiger partial charge in [-0.25, -0.2) is 4.40 Å². The molecule has 0 amide bonds. The normalized spacial score (nSPS) is 21.2. The average molecular weight is 308 g/mol.